The summed E-state index contributed by atoms with van der Waals surface area (Å²) in [7, 11) is 0. The zero-order chi connectivity index (χ0) is 16.2. The van der Waals surface area contributed by atoms with E-state index in [1.807, 2.05) is 24.3 Å². The van der Waals surface area contributed by atoms with Gasteiger partial charge in [-0.25, -0.2) is 0 Å². The van der Waals surface area contributed by atoms with Crippen LogP contribution < -0.4 is 10.6 Å². The fraction of sp³-hybridized carbons (Fsp3) is 0.438. The standard InChI is InChI=1S/C16H18BrN3O2S/c17-11-7-3-4-8-12(11)19-14(21)9-13-15(22)20-16(23-13)18-10-5-1-2-6-10/h3-4,7-8,10,13H,1-2,5-6,9H2,(H,19,21)(H,18,20,22)/t13-/m1/s1. The summed E-state index contributed by atoms with van der Waals surface area (Å²) < 4.78 is 0.820. The third-order valence-electron chi connectivity index (χ3n) is 3.92. The van der Waals surface area contributed by atoms with Crippen molar-refractivity contribution in [1.29, 1.82) is 0 Å². The van der Waals surface area contributed by atoms with Gasteiger partial charge in [0.1, 0.15) is 5.25 Å². The zero-order valence-corrected chi connectivity index (χ0v) is 15.0. The largest absolute Gasteiger partial charge is 0.325 e. The van der Waals surface area contributed by atoms with Crippen LogP contribution in [0.3, 0.4) is 0 Å². The molecule has 2 aliphatic rings. The SMILES string of the molecule is O=C(C[C@H]1SC(=NC2CCCC2)NC1=O)Nc1ccccc1Br. The molecule has 1 saturated carbocycles. The number of benzene rings is 1. The smallest absolute Gasteiger partial charge is 0.240 e. The molecular weight excluding hydrogens is 378 g/mol. The molecule has 0 spiro atoms. The van der Waals surface area contributed by atoms with Gasteiger partial charge in [-0.15, -0.1) is 0 Å². The van der Waals surface area contributed by atoms with E-state index in [-0.39, 0.29) is 18.2 Å². The monoisotopic (exact) mass is 395 g/mol. The first kappa shape index (κ1) is 16.5. The Hall–Kier alpha value is -1.34. The van der Waals surface area contributed by atoms with Crippen molar-refractivity contribution >= 4 is 50.4 Å². The Morgan fingerprint density at radius 1 is 1.35 bits per heavy atom. The molecule has 7 heteroatoms. The number of amidine groups is 1. The number of rotatable bonds is 4. The molecule has 0 unspecified atom stereocenters. The molecule has 0 aromatic heterocycles. The molecular formula is C16H18BrN3O2S. The van der Waals surface area contributed by atoms with E-state index in [0.717, 1.165) is 17.3 Å². The fourth-order valence-corrected chi connectivity index (χ4v) is 4.16. The van der Waals surface area contributed by atoms with E-state index in [1.165, 1.54) is 24.6 Å². The highest BCUT2D eigenvalue weighted by molar-refractivity contribution is 9.10. The highest BCUT2D eigenvalue weighted by atomic mass is 79.9. The first-order valence-electron chi connectivity index (χ1n) is 7.71. The van der Waals surface area contributed by atoms with Gasteiger partial charge in [-0.2, -0.15) is 0 Å². The van der Waals surface area contributed by atoms with Crippen LogP contribution in [-0.4, -0.2) is 28.3 Å². The average molecular weight is 396 g/mol. The van der Waals surface area contributed by atoms with Crippen LogP contribution in [0, 0.1) is 0 Å². The van der Waals surface area contributed by atoms with E-state index in [2.05, 4.69) is 31.6 Å². The van der Waals surface area contributed by atoms with E-state index < -0.39 is 5.25 Å². The van der Waals surface area contributed by atoms with Crippen LogP contribution in [0.1, 0.15) is 32.1 Å². The van der Waals surface area contributed by atoms with Crippen molar-refractivity contribution in [2.24, 2.45) is 4.99 Å². The number of para-hydroxylation sites is 1. The molecule has 2 fully saturated rings. The van der Waals surface area contributed by atoms with Crippen LogP contribution in [0.15, 0.2) is 33.7 Å². The van der Waals surface area contributed by atoms with Crippen molar-refractivity contribution in [3.8, 4) is 0 Å². The number of aliphatic imine (C=N–C) groups is 1. The topological polar surface area (TPSA) is 70.6 Å². The first-order chi connectivity index (χ1) is 11.1. The van der Waals surface area contributed by atoms with E-state index in [9.17, 15) is 9.59 Å². The molecule has 23 heavy (non-hydrogen) atoms. The second kappa shape index (κ2) is 7.49. The molecule has 5 nitrogen and oxygen atoms in total. The van der Waals surface area contributed by atoms with Gasteiger partial charge in [-0.3, -0.25) is 14.6 Å². The predicted molar refractivity (Wildman–Crippen MR) is 96.6 cm³/mol. The molecule has 1 aromatic carbocycles. The maximum absolute atomic E-state index is 12.2. The summed E-state index contributed by atoms with van der Waals surface area (Å²) in [5, 5.41) is 5.89. The summed E-state index contributed by atoms with van der Waals surface area (Å²) in [4.78, 5) is 28.8. The summed E-state index contributed by atoms with van der Waals surface area (Å²) in [6.07, 6.45) is 4.73. The van der Waals surface area contributed by atoms with Gasteiger partial charge in [0.2, 0.25) is 11.8 Å². The molecule has 2 amide bonds. The Kier molecular flexibility index (Phi) is 5.38. The van der Waals surface area contributed by atoms with Crippen LogP contribution in [0.5, 0.6) is 0 Å². The molecule has 2 N–H and O–H groups in total. The number of hydrogen-bond acceptors (Lipinski definition) is 4. The Morgan fingerprint density at radius 3 is 2.83 bits per heavy atom. The third kappa shape index (κ3) is 4.35. The van der Waals surface area contributed by atoms with Crippen LogP contribution in [0.25, 0.3) is 0 Å². The van der Waals surface area contributed by atoms with Gasteiger partial charge in [-0.1, -0.05) is 36.7 Å². The third-order valence-corrected chi connectivity index (χ3v) is 5.71. The summed E-state index contributed by atoms with van der Waals surface area (Å²) in [6, 6.07) is 7.73. The maximum Gasteiger partial charge on any atom is 0.240 e. The summed E-state index contributed by atoms with van der Waals surface area (Å²) in [5.41, 5.74) is 0.709. The minimum atomic E-state index is -0.405. The number of carbonyl (C=O) groups is 2. The lowest BCUT2D eigenvalue weighted by Crippen LogP contribution is -2.28. The minimum Gasteiger partial charge on any atom is -0.325 e. The predicted octanol–water partition coefficient (Wildman–Crippen LogP) is 3.31. The minimum absolute atomic E-state index is 0.131. The fourth-order valence-electron chi connectivity index (χ4n) is 2.73. The van der Waals surface area contributed by atoms with Gasteiger partial charge in [0.15, 0.2) is 5.17 Å². The van der Waals surface area contributed by atoms with Gasteiger partial charge in [0.25, 0.3) is 0 Å². The van der Waals surface area contributed by atoms with E-state index in [1.54, 1.807) is 0 Å². The quantitative estimate of drug-likeness (QED) is 0.821. The van der Waals surface area contributed by atoms with Crippen LogP contribution in [0.2, 0.25) is 0 Å². The Labute approximate surface area is 147 Å². The van der Waals surface area contributed by atoms with Crippen LogP contribution >= 0.6 is 27.7 Å². The lowest BCUT2D eigenvalue weighted by Gasteiger charge is -2.08. The molecule has 1 aromatic rings. The van der Waals surface area contributed by atoms with Gasteiger partial charge in [0, 0.05) is 10.9 Å². The van der Waals surface area contributed by atoms with Crippen molar-refractivity contribution in [2.45, 2.75) is 43.4 Å². The molecule has 0 radical (unpaired) electrons. The molecule has 122 valence electrons. The molecule has 1 aliphatic heterocycles. The normalized spacial score (nSPS) is 23.3. The number of halogens is 1. The van der Waals surface area contributed by atoms with Gasteiger partial charge < -0.3 is 10.6 Å². The van der Waals surface area contributed by atoms with Gasteiger partial charge in [-0.05, 0) is 40.9 Å². The van der Waals surface area contributed by atoms with E-state index in [0.29, 0.717) is 16.9 Å². The van der Waals surface area contributed by atoms with Crippen molar-refractivity contribution in [3.05, 3.63) is 28.7 Å². The number of amides is 2. The Morgan fingerprint density at radius 2 is 2.09 bits per heavy atom. The number of hydrogen-bond donors (Lipinski definition) is 2. The molecule has 3 rings (SSSR count). The molecule has 0 bridgehead atoms. The highest BCUT2D eigenvalue weighted by Crippen LogP contribution is 2.27. The van der Waals surface area contributed by atoms with Gasteiger partial charge >= 0.3 is 0 Å². The molecule has 1 aliphatic carbocycles. The Balaban J connectivity index is 1.56. The summed E-state index contributed by atoms with van der Waals surface area (Å²) >= 11 is 4.75. The Bertz CT molecular complexity index is 644. The second-order valence-corrected chi connectivity index (χ2v) is 7.75. The summed E-state index contributed by atoms with van der Waals surface area (Å²) in [5.74, 6) is -0.305. The van der Waals surface area contributed by atoms with Gasteiger partial charge in [0.05, 0.1) is 11.7 Å². The van der Waals surface area contributed by atoms with Crippen LogP contribution in [-0.2, 0) is 9.59 Å². The lowest BCUT2D eigenvalue weighted by atomic mass is 10.2. The maximum atomic E-state index is 12.2. The molecule has 1 atom stereocenters. The first-order valence-corrected chi connectivity index (χ1v) is 9.39. The number of nitrogens with zero attached hydrogens (tertiary/aromatic N) is 1. The molecule has 1 heterocycles. The highest BCUT2D eigenvalue weighted by Gasteiger charge is 2.32. The van der Waals surface area contributed by atoms with E-state index in [4.69, 9.17) is 0 Å². The van der Waals surface area contributed by atoms with E-state index >= 15 is 0 Å². The van der Waals surface area contributed by atoms with Crippen molar-refractivity contribution < 1.29 is 9.59 Å². The van der Waals surface area contributed by atoms with Crippen molar-refractivity contribution in [2.75, 3.05) is 5.32 Å². The number of thioether (sulfide) groups is 1. The number of nitrogens with one attached hydrogen (secondary N) is 2. The zero-order valence-electron chi connectivity index (χ0n) is 12.5. The van der Waals surface area contributed by atoms with Crippen molar-refractivity contribution in [1.82, 2.24) is 5.32 Å². The second-order valence-electron chi connectivity index (χ2n) is 5.70. The molecule has 1 saturated heterocycles. The van der Waals surface area contributed by atoms with Crippen LogP contribution in [0.4, 0.5) is 5.69 Å². The average Bonchev–Trinajstić information content (AvgIpc) is 3.12. The summed E-state index contributed by atoms with van der Waals surface area (Å²) in [6.45, 7) is 0. The van der Waals surface area contributed by atoms with Crippen molar-refractivity contribution in [3.63, 3.8) is 0 Å². The lowest BCUT2D eigenvalue weighted by molar-refractivity contribution is -0.122. The number of anilines is 1. The number of carbonyl (C=O) groups excluding carboxylic acids is 2.